The Morgan fingerprint density at radius 3 is 1.39 bits per heavy atom. The summed E-state index contributed by atoms with van der Waals surface area (Å²) in [5, 5.41) is 0. The molecule has 0 aliphatic heterocycles. The fourth-order valence-electron chi connectivity index (χ4n) is 1.57. The molecular formula is C10H10Cl2N8PdS2+2. The third-order valence-electron chi connectivity index (χ3n) is 2.48. The molecule has 0 saturated carbocycles. The molecule has 4 heterocycles. The zero-order valence-corrected chi connectivity index (χ0v) is 15.9. The molecule has 0 aromatic carbocycles. The van der Waals surface area contributed by atoms with Crippen molar-refractivity contribution in [2.75, 3.05) is 0 Å². The van der Waals surface area contributed by atoms with Crippen LogP contribution in [0.1, 0.15) is 0 Å². The summed E-state index contributed by atoms with van der Waals surface area (Å²) in [5.74, 6) is 0. The van der Waals surface area contributed by atoms with Gasteiger partial charge in [-0.1, -0.05) is 0 Å². The second-order valence-corrected chi connectivity index (χ2v) is 7.00. The quantitative estimate of drug-likeness (QED) is 0.132. The van der Waals surface area contributed by atoms with Crippen LogP contribution >= 0.6 is 19.1 Å². The van der Waals surface area contributed by atoms with E-state index in [-0.39, 0.29) is 15.9 Å². The smallest absolute Gasteiger partial charge is 0.323 e. The van der Waals surface area contributed by atoms with Crippen LogP contribution in [-0.4, -0.2) is 39.9 Å². The van der Waals surface area contributed by atoms with Gasteiger partial charge in [-0.2, -0.15) is 0 Å². The third-order valence-corrected chi connectivity index (χ3v) is 3.16. The van der Waals surface area contributed by atoms with E-state index in [0.717, 1.165) is 31.6 Å². The first-order chi connectivity index (χ1) is 11.2. The first-order valence-electron chi connectivity index (χ1n) is 5.77. The van der Waals surface area contributed by atoms with Gasteiger partial charge < -0.3 is 9.97 Å². The summed E-state index contributed by atoms with van der Waals surface area (Å²) >= 11 is 8.17. The minimum absolute atomic E-state index is 0.106. The number of hydrogen-bond acceptors (Lipinski definition) is 4. The maximum atomic E-state index is 4.81. The van der Waals surface area contributed by atoms with Gasteiger partial charge in [0.25, 0.3) is 0 Å². The molecule has 0 spiro atoms. The molecule has 0 atom stereocenters. The fourth-order valence-corrected chi connectivity index (χ4v) is 2.01. The Balaban J connectivity index is 0.000000143. The van der Waals surface area contributed by atoms with Crippen molar-refractivity contribution in [2.45, 2.75) is 0 Å². The number of aromatic nitrogens is 8. The van der Waals surface area contributed by atoms with E-state index in [1.54, 1.807) is 25.3 Å². The number of thiol groups is 2. The maximum absolute atomic E-state index is 4.81. The van der Waals surface area contributed by atoms with E-state index in [4.69, 9.17) is 19.1 Å². The van der Waals surface area contributed by atoms with Crippen LogP contribution in [-0.2, 0) is 40.4 Å². The van der Waals surface area contributed by atoms with Gasteiger partial charge in [-0.25, -0.2) is 19.9 Å². The molecule has 23 heavy (non-hydrogen) atoms. The number of aromatic amines is 4. The molecule has 0 radical (unpaired) electrons. The first-order valence-corrected chi connectivity index (χ1v) is 10.7. The normalized spacial score (nSPS) is 10.0. The Morgan fingerprint density at radius 1 is 0.696 bits per heavy atom. The number of fused-ring (bicyclic) bond motifs is 2. The largest absolute Gasteiger partial charge is 0.329 e. The van der Waals surface area contributed by atoms with Crippen LogP contribution < -0.4 is 0 Å². The molecule has 4 rings (SSSR count). The van der Waals surface area contributed by atoms with Crippen LogP contribution in [0.4, 0.5) is 0 Å². The molecule has 0 amide bonds. The van der Waals surface area contributed by atoms with Crippen molar-refractivity contribution < 1.29 is 15.9 Å². The van der Waals surface area contributed by atoms with Crippen LogP contribution in [0.25, 0.3) is 22.3 Å². The number of nitrogens with zero attached hydrogens (tertiary/aromatic N) is 4. The second-order valence-electron chi connectivity index (χ2n) is 3.75. The predicted molar refractivity (Wildman–Crippen MR) is 92.2 cm³/mol. The summed E-state index contributed by atoms with van der Waals surface area (Å²) in [6.45, 7) is 0. The summed E-state index contributed by atoms with van der Waals surface area (Å²) in [6.07, 6.45) is 6.32. The van der Waals surface area contributed by atoms with Gasteiger partial charge in [0.2, 0.25) is 0 Å². The van der Waals surface area contributed by atoms with Gasteiger partial charge in [0.1, 0.15) is 0 Å². The van der Waals surface area contributed by atoms with Crippen molar-refractivity contribution in [3.63, 3.8) is 0 Å². The molecule has 124 valence electrons. The molecule has 0 aliphatic rings. The molecular weight excluding hydrogens is 474 g/mol. The second kappa shape index (κ2) is 9.17. The van der Waals surface area contributed by atoms with Gasteiger partial charge in [-0.05, 0) is 0 Å². The monoisotopic (exact) mass is 482 g/mol. The Morgan fingerprint density at radius 2 is 1.04 bits per heavy atom. The van der Waals surface area contributed by atoms with E-state index < -0.39 is 0 Å². The van der Waals surface area contributed by atoms with E-state index in [0.29, 0.717) is 0 Å². The van der Waals surface area contributed by atoms with Gasteiger partial charge >= 0.3 is 44.3 Å². The average Bonchev–Trinajstić information content (AvgIpc) is 3.18. The summed E-state index contributed by atoms with van der Waals surface area (Å²) in [5.41, 5.74) is 3.05. The minimum Gasteiger partial charge on any atom is -0.329 e. The summed E-state index contributed by atoms with van der Waals surface area (Å²) in [6, 6.07) is 0. The van der Waals surface area contributed by atoms with E-state index in [9.17, 15) is 0 Å². The van der Waals surface area contributed by atoms with Crippen molar-refractivity contribution in [3.8, 4) is 0 Å². The zero-order valence-electron chi connectivity index (χ0n) is 11.1. The van der Waals surface area contributed by atoms with Gasteiger partial charge in [-0.15, -0.1) is 0 Å². The van der Waals surface area contributed by atoms with Gasteiger partial charge in [0, 0.05) is 0 Å². The van der Waals surface area contributed by atoms with E-state index >= 15 is 0 Å². The molecule has 8 nitrogen and oxygen atoms in total. The minimum atomic E-state index is -0.106. The zero-order chi connectivity index (χ0) is 16.7. The molecule has 0 aliphatic carbocycles. The van der Waals surface area contributed by atoms with Crippen molar-refractivity contribution in [3.05, 3.63) is 34.6 Å². The van der Waals surface area contributed by atoms with Crippen molar-refractivity contribution in [2.24, 2.45) is 0 Å². The molecule has 4 N–H and O–H groups in total. The molecule has 0 bridgehead atoms. The van der Waals surface area contributed by atoms with Gasteiger partial charge in [0.15, 0.2) is 46.8 Å². The summed E-state index contributed by atoms with van der Waals surface area (Å²) in [4.78, 5) is 27.3. The molecule has 13 heteroatoms. The van der Waals surface area contributed by atoms with E-state index in [2.05, 4.69) is 64.3 Å². The van der Waals surface area contributed by atoms with Crippen LogP contribution in [0.15, 0.2) is 25.3 Å². The summed E-state index contributed by atoms with van der Waals surface area (Å²) < 4.78 is 1.46. The number of halogens is 2. The van der Waals surface area contributed by atoms with Crippen LogP contribution in [0.3, 0.4) is 0 Å². The number of hydrogen-bond donors (Lipinski definition) is 4. The van der Waals surface area contributed by atoms with Crippen molar-refractivity contribution in [1.82, 2.24) is 39.9 Å². The number of H-pyrrole nitrogens is 4. The molecule has 0 unspecified atom stereocenters. The van der Waals surface area contributed by atoms with Crippen LogP contribution in [0.2, 0.25) is 0 Å². The molecule has 0 fully saturated rings. The standard InChI is InChI=1S/2C5H4N4S.2ClH.Pd/c2*10-5-3-4(7-1-6-3)8-2-9-5;;;/h2*1-2H,(H2,6,7,8,9,10);2*1H;/q;;;;+2. The average molecular weight is 484 g/mol. The number of nitrogens with one attached hydrogen (secondary N) is 4. The summed E-state index contributed by atoms with van der Waals surface area (Å²) in [7, 11) is 9.63. The van der Waals surface area contributed by atoms with Crippen molar-refractivity contribution in [1.29, 1.82) is 0 Å². The van der Waals surface area contributed by atoms with Gasteiger partial charge in [-0.3, -0.25) is 9.97 Å². The van der Waals surface area contributed by atoms with E-state index in [1.807, 2.05) is 0 Å². The van der Waals surface area contributed by atoms with Crippen molar-refractivity contribution >= 4 is 65.8 Å². The Labute approximate surface area is 155 Å². The first kappa shape index (κ1) is 18.1. The topological polar surface area (TPSA) is 115 Å². The predicted octanol–water partition coefficient (Wildman–Crippen LogP) is 1.57. The Hall–Kier alpha value is -1.22. The Bertz CT molecular complexity index is 913. The third kappa shape index (κ3) is 4.87. The van der Waals surface area contributed by atoms with E-state index in [1.165, 1.54) is 0 Å². The van der Waals surface area contributed by atoms with Gasteiger partial charge in [0.05, 0.1) is 25.3 Å². The molecule has 0 saturated heterocycles. The maximum Gasteiger partial charge on any atom is 0.323 e. The van der Waals surface area contributed by atoms with Crippen LogP contribution in [0, 0.1) is 9.28 Å². The van der Waals surface area contributed by atoms with Crippen LogP contribution in [0.5, 0.6) is 0 Å². The Kier molecular flexibility index (Phi) is 7.23. The fraction of sp³-hybridized carbons (Fsp3) is 0. The molecule has 4 aromatic rings. The number of imidazole rings is 2. The number of rotatable bonds is 0. The molecule has 4 aromatic heterocycles. The SMILES string of the molecule is [Cl][Pd][Cl].[SH+]=c1[nH]cnc2[nH]cnc12.[SH+]=c1[nH]cnc2[nH]cnc12.